The lowest BCUT2D eigenvalue weighted by molar-refractivity contribution is -0.141. The Kier molecular flexibility index (Phi) is 11.3. The number of allylic oxidation sites excluding steroid dienone is 1. The number of hydrogen-bond donors (Lipinski definition) is 3. The predicted octanol–water partition coefficient (Wildman–Crippen LogP) is 4.37. The monoisotopic (exact) mass is 806 g/mol. The van der Waals surface area contributed by atoms with Gasteiger partial charge in [0, 0.05) is 18.4 Å². The Balaban J connectivity index is 1.14. The minimum atomic E-state index is -3.89. The first-order valence-electron chi connectivity index (χ1n) is 20.9. The molecule has 2 unspecified atom stereocenters. The van der Waals surface area contributed by atoms with Gasteiger partial charge in [0.25, 0.3) is 5.91 Å². The molecule has 0 radical (unpaired) electrons. The quantitative estimate of drug-likeness (QED) is 0.372. The molecule has 3 aliphatic heterocycles. The molecule has 7 atom stereocenters. The zero-order chi connectivity index (χ0) is 39.7. The summed E-state index contributed by atoms with van der Waals surface area (Å²) in [5.41, 5.74) is 0.458. The van der Waals surface area contributed by atoms with Gasteiger partial charge < -0.3 is 29.7 Å². The first-order chi connectivity index (χ1) is 27.5. The third kappa shape index (κ3) is 8.70. The molecule has 3 aliphatic carbocycles. The van der Waals surface area contributed by atoms with Gasteiger partial charge in [-0.2, -0.15) is 0 Å². The van der Waals surface area contributed by atoms with Crippen molar-refractivity contribution in [1.82, 2.24) is 30.2 Å². The Morgan fingerprint density at radius 3 is 2.58 bits per heavy atom. The number of aryl methyl sites for hydroxylation is 1. The van der Waals surface area contributed by atoms with Crippen molar-refractivity contribution in [2.24, 2.45) is 11.8 Å². The second-order valence-corrected chi connectivity index (χ2v) is 18.7. The Bertz CT molecular complexity index is 2020. The highest BCUT2D eigenvalue weighted by Crippen LogP contribution is 2.46. The molecule has 1 aromatic carbocycles. The highest BCUT2D eigenvalue weighted by molar-refractivity contribution is 7.91. The smallest absolute Gasteiger partial charge is 0.408 e. The molecule has 308 valence electrons. The first kappa shape index (κ1) is 39.4. The molecule has 16 heteroatoms. The second kappa shape index (κ2) is 16.4. The van der Waals surface area contributed by atoms with Crippen molar-refractivity contribution in [3.05, 3.63) is 36.0 Å². The average Bonchev–Trinajstić information content (AvgIpc) is 4.08. The molecule has 4 fully saturated rings. The van der Waals surface area contributed by atoms with E-state index >= 15 is 0 Å². The van der Waals surface area contributed by atoms with Crippen LogP contribution in [0.4, 0.5) is 4.79 Å². The summed E-state index contributed by atoms with van der Waals surface area (Å²) in [5.74, 6) is -1.08. The van der Waals surface area contributed by atoms with Crippen LogP contribution in [-0.4, -0.2) is 95.8 Å². The average molecular weight is 807 g/mol. The number of methoxy groups -OCH3 is 1. The zero-order valence-electron chi connectivity index (χ0n) is 32.6. The van der Waals surface area contributed by atoms with Crippen LogP contribution in [0, 0.1) is 11.8 Å². The summed E-state index contributed by atoms with van der Waals surface area (Å²) in [4.78, 5) is 67.9. The number of hydrogen-bond acceptors (Lipinski definition) is 11. The number of carbonyl (C=O) groups excluding carboxylic acids is 4. The number of ether oxygens (including phenoxy) is 3. The van der Waals surface area contributed by atoms with Gasteiger partial charge in [-0.1, -0.05) is 37.8 Å². The SMILES string of the molecule is COc1ccc2nc3c(nc2c1)O[C@@H]1C[C@H]2C(=O)N[C@]4(C(=O)NS(=O)(=O)C5CC5)CC4/C=C\CCCCC[C@H](NC(=O)O[C@@H]4CCCC4CCCCC3)C(=O)N2C1. The fourth-order valence-corrected chi connectivity index (χ4v) is 10.5. The van der Waals surface area contributed by atoms with Crippen molar-refractivity contribution >= 4 is 44.9 Å². The molecular formula is C41H54N6O9S. The maximum Gasteiger partial charge on any atom is 0.408 e. The van der Waals surface area contributed by atoms with Crippen LogP contribution >= 0.6 is 0 Å². The number of alkyl carbamates (subject to hydrolysis) is 1. The Hall–Kier alpha value is -4.47. The van der Waals surface area contributed by atoms with Crippen LogP contribution in [-0.2, 0) is 35.6 Å². The van der Waals surface area contributed by atoms with Crippen LogP contribution in [0.1, 0.15) is 108 Å². The van der Waals surface area contributed by atoms with Crippen LogP contribution in [0.2, 0.25) is 0 Å². The number of benzene rings is 1. The molecule has 1 saturated heterocycles. The molecule has 3 N–H and O–H groups in total. The van der Waals surface area contributed by atoms with Crippen LogP contribution < -0.4 is 24.8 Å². The van der Waals surface area contributed by atoms with E-state index in [-0.39, 0.29) is 31.4 Å². The summed E-state index contributed by atoms with van der Waals surface area (Å²) in [6.07, 6.45) is 13.8. The molecule has 57 heavy (non-hydrogen) atoms. The summed E-state index contributed by atoms with van der Waals surface area (Å²) in [6.45, 7) is 0.00466. The molecule has 2 aromatic rings. The van der Waals surface area contributed by atoms with Gasteiger partial charge in [-0.05, 0) is 95.1 Å². The molecule has 4 heterocycles. The third-order valence-electron chi connectivity index (χ3n) is 12.7. The van der Waals surface area contributed by atoms with E-state index in [0.29, 0.717) is 66.9 Å². The van der Waals surface area contributed by atoms with Gasteiger partial charge in [-0.15, -0.1) is 0 Å². The largest absolute Gasteiger partial charge is 0.497 e. The standard InChI is InChI=1S/C41H54N6O9S/c1-54-27-17-20-30-33(21-27)43-37-31(42-30)14-9-5-6-11-25-12-10-16-35(25)56-40(51)44-32-15-8-4-2-3-7-13-26-23-41(26,39(50)46-57(52,53)29-18-19-29)45-36(48)34-22-28(55-37)24-47(34)38(32)49/h7,13,17,20-21,25-26,28-29,32,34-35H,2-6,8-12,14-16,18-19,22-24H2,1H3,(H,44,51)(H,45,48)(H,46,50)/b13-7-/t25?,26?,28-,32+,34+,35-,41-/m1/s1. The third-order valence-corrected chi connectivity index (χ3v) is 14.5. The molecule has 1 aromatic heterocycles. The van der Waals surface area contributed by atoms with Gasteiger partial charge in [0.05, 0.1) is 29.9 Å². The van der Waals surface area contributed by atoms with Crippen LogP contribution in [0.5, 0.6) is 11.6 Å². The summed E-state index contributed by atoms with van der Waals surface area (Å²) in [5, 5.41) is 5.18. The maximum absolute atomic E-state index is 14.7. The Morgan fingerprint density at radius 2 is 1.75 bits per heavy atom. The van der Waals surface area contributed by atoms with E-state index in [4.69, 9.17) is 24.2 Å². The predicted molar refractivity (Wildman–Crippen MR) is 209 cm³/mol. The lowest BCUT2D eigenvalue weighted by Gasteiger charge is -2.30. The molecule has 15 nitrogen and oxygen atoms in total. The van der Waals surface area contributed by atoms with E-state index in [1.807, 2.05) is 24.3 Å². The molecule has 0 spiro atoms. The van der Waals surface area contributed by atoms with Crippen molar-refractivity contribution in [2.75, 3.05) is 13.7 Å². The lowest BCUT2D eigenvalue weighted by atomic mass is 9.97. The number of nitrogens with one attached hydrogen (secondary N) is 3. The highest BCUT2D eigenvalue weighted by atomic mass is 32.2. The van der Waals surface area contributed by atoms with Crippen molar-refractivity contribution in [1.29, 1.82) is 0 Å². The number of sulfonamides is 1. The number of fused-ring (bicyclic) bond motifs is 6. The first-order valence-corrected chi connectivity index (χ1v) is 22.4. The minimum absolute atomic E-state index is 0.00466. The number of amides is 4. The van der Waals surface area contributed by atoms with Gasteiger partial charge in [-0.3, -0.25) is 19.1 Å². The van der Waals surface area contributed by atoms with Crippen molar-refractivity contribution in [3.8, 4) is 11.6 Å². The van der Waals surface area contributed by atoms with E-state index in [0.717, 1.165) is 57.8 Å². The Labute approximate surface area is 333 Å². The summed E-state index contributed by atoms with van der Waals surface area (Å²) >= 11 is 0. The Morgan fingerprint density at radius 1 is 0.947 bits per heavy atom. The van der Waals surface area contributed by atoms with Crippen LogP contribution in [0.25, 0.3) is 11.0 Å². The molecule has 8 rings (SSSR count). The number of rotatable bonds is 4. The fourth-order valence-electron chi connectivity index (χ4n) is 9.12. The van der Waals surface area contributed by atoms with Gasteiger partial charge >= 0.3 is 6.09 Å². The molecule has 4 amide bonds. The number of carbonyl (C=O) groups is 4. The zero-order valence-corrected chi connectivity index (χ0v) is 33.4. The molecular weight excluding hydrogens is 753 g/mol. The van der Waals surface area contributed by atoms with E-state index in [1.54, 1.807) is 13.2 Å². The second-order valence-electron chi connectivity index (χ2n) is 16.8. The van der Waals surface area contributed by atoms with Crippen molar-refractivity contribution in [3.63, 3.8) is 0 Å². The van der Waals surface area contributed by atoms with E-state index in [1.165, 1.54) is 4.90 Å². The summed E-state index contributed by atoms with van der Waals surface area (Å²) in [7, 11) is -2.31. The van der Waals surface area contributed by atoms with E-state index in [9.17, 15) is 27.6 Å². The number of nitrogens with zero attached hydrogens (tertiary/aromatic N) is 3. The van der Waals surface area contributed by atoms with Gasteiger partial charge in [0.15, 0.2) is 0 Å². The van der Waals surface area contributed by atoms with Crippen LogP contribution in [0.15, 0.2) is 30.4 Å². The van der Waals surface area contributed by atoms with Gasteiger partial charge in [0.1, 0.15) is 41.3 Å². The summed E-state index contributed by atoms with van der Waals surface area (Å²) < 4.78 is 46.1. The number of aromatic nitrogens is 2. The van der Waals surface area contributed by atoms with Gasteiger partial charge in [0.2, 0.25) is 27.7 Å². The maximum atomic E-state index is 14.7. The molecule has 3 bridgehead atoms. The lowest BCUT2D eigenvalue weighted by Crippen LogP contribution is -2.58. The van der Waals surface area contributed by atoms with E-state index < -0.39 is 68.7 Å². The van der Waals surface area contributed by atoms with Crippen LogP contribution in [0.3, 0.4) is 0 Å². The molecule has 3 saturated carbocycles. The topological polar surface area (TPSA) is 195 Å². The normalized spacial score (nSPS) is 32.0. The highest BCUT2D eigenvalue weighted by Gasteiger charge is 2.62. The van der Waals surface area contributed by atoms with Crippen molar-refractivity contribution in [2.45, 2.75) is 144 Å². The minimum Gasteiger partial charge on any atom is -0.497 e. The fraction of sp³-hybridized carbons (Fsp3) is 0.659. The molecule has 6 aliphatic rings. The van der Waals surface area contributed by atoms with Gasteiger partial charge in [-0.25, -0.2) is 23.2 Å². The van der Waals surface area contributed by atoms with Crippen molar-refractivity contribution < 1.29 is 41.8 Å². The summed E-state index contributed by atoms with van der Waals surface area (Å²) in [6, 6.07) is 3.42. The van der Waals surface area contributed by atoms with E-state index in [2.05, 4.69) is 15.4 Å².